The Hall–Kier alpha value is -0.540. The Morgan fingerprint density at radius 3 is 2.75 bits per heavy atom. The Kier molecular flexibility index (Phi) is 3.87. The van der Waals surface area contributed by atoms with Crippen LogP contribution in [0.15, 0.2) is 6.20 Å². The summed E-state index contributed by atoms with van der Waals surface area (Å²) in [6.45, 7) is 2.78. The molecule has 2 N–H and O–H groups in total. The maximum atomic E-state index is 6.25. The van der Waals surface area contributed by atoms with Crippen LogP contribution in [0.25, 0.3) is 0 Å². The quantitative estimate of drug-likeness (QED) is 0.885. The fraction of sp³-hybridized carbons (Fsp3) is 0.750. The van der Waals surface area contributed by atoms with Gasteiger partial charge in [0.1, 0.15) is 0 Å². The molecule has 0 amide bonds. The van der Waals surface area contributed by atoms with E-state index < -0.39 is 0 Å². The molecule has 0 spiro atoms. The van der Waals surface area contributed by atoms with Gasteiger partial charge in [-0.3, -0.25) is 4.68 Å². The molecule has 90 valence electrons. The van der Waals surface area contributed by atoms with E-state index in [9.17, 15) is 0 Å². The minimum atomic E-state index is 0.218. The van der Waals surface area contributed by atoms with E-state index in [-0.39, 0.29) is 6.04 Å². The molecule has 2 rings (SSSR count). The van der Waals surface area contributed by atoms with Crippen molar-refractivity contribution in [3.63, 3.8) is 0 Å². The van der Waals surface area contributed by atoms with Crippen LogP contribution >= 0.6 is 11.6 Å². The van der Waals surface area contributed by atoms with E-state index in [4.69, 9.17) is 17.3 Å². The highest BCUT2D eigenvalue weighted by atomic mass is 35.5. The molecule has 1 unspecified atom stereocenters. The summed E-state index contributed by atoms with van der Waals surface area (Å²) < 4.78 is 1.93. The van der Waals surface area contributed by atoms with Gasteiger partial charge < -0.3 is 5.73 Å². The predicted octanol–water partition coefficient (Wildman–Crippen LogP) is 2.75. The van der Waals surface area contributed by atoms with Crippen molar-refractivity contribution < 1.29 is 0 Å². The van der Waals surface area contributed by atoms with E-state index in [0.29, 0.717) is 5.92 Å². The van der Waals surface area contributed by atoms with E-state index in [1.54, 1.807) is 6.20 Å². The lowest BCUT2D eigenvalue weighted by molar-refractivity contribution is 0.278. The summed E-state index contributed by atoms with van der Waals surface area (Å²) in [4.78, 5) is 0. The lowest BCUT2D eigenvalue weighted by Crippen LogP contribution is -2.36. The second-order valence-electron chi connectivity index (χ2n) is 4.82. The summed E-state index contributed by atoms with van der Waals surface area (Å²) in [6, 6.07) is 0.218. The summed E-state index contributed by atoms with van der Waals surface area (Å²) in [5.74, 6) is 0.663. The van der Waals surface area contributed by atoms with E-state index in [1.165, 1.54) is 32.1 Å². The SMILES string of the molecule is Cc1c(Cl)cnn1CC(N)C1CCCCC1. The van der Waals surface area contributed by atoms with Crippen molar-refractivity contribution in [3.05, 3.63) is 16.9 Å². The molecule has 3 nitrogen and oxygen atoms in total. The first-order valence-electron chi connectivity index (χ1n) is 6.12. The molecule has 0 radical (unpaired) electrons. The highest BCUT2D eigenvalue weighted by Crippen LogP contribution is 2.26. The Bertz CT molecular complexity index is 342. The lowest BCUT2D eigenvalue weighted by Gasteiger charge is -2.27. The molecular weight excluding hydrogens is 222 g/mol. The number of hydrogen-bond acceptors (Lipinski definition) is 2. The molecular formula is C12H20ClN3. The van der Waals surface area contributed by atoms with Gasteiger partial charge in [-0.1, -0.05) is 30.9 Å². The minimum Gasteiger partial charge on any atom is -0.326 e. The van der Waals surface area contributed by atoms with E-state index in [2.05, 4.69) is 5.10 Å². The minimum absolute atomic E-state index is 0.218. The molecule has 0 bridgehead atoms. The second kappa shape index (κ2) is 5.19. The Morgan fingerprint density at radius 2 is 2.19 bits per heavy atom. The number of nitrogens with zero attached hydrogens (tertiary/aromatic N) is 2. The normalized spacial score (nSPS) is 19.9. The van der Waals surface area contributed by atoms with Gasteiger partial charge in [-0.15, -0.1) is 0 Å². The van der Waals surface area contributed by atoms with Gasteiger partial charge in [0, 0.05) is 6.04 Å². The van der Waals surface area contributed by atoms with Crippen LogP contribution < -0.4 is 5.73 Å². The standard InChI is InChI=1S/C12H20ClN3/c1-9-11(13)7-15-16(9)8-12(14)10-5-3-2-4-6-10/h7,10,12H,2-6,8,14H2,1H3. The van der Waals surface area contributed by atoms with Crippen LogP contribution in [0, 0.1) is 12.8 Å². The van der Waals surface area contributed by atoms with Crippen molar-refractivity contribution in [1.29, 1.82) is 0 Å². The predicted molar refractivity (Wildman–Crippen MR) is 66.5 cm³/mol. The number of halogens is 1. The van der Waals surface area contributed by atoms with Crippen LogP contribution in [-0.4, -0.2) is 15.8 Å². The number of aromatic nitrogens is 2. The van der Waals surface area contributed by atoms with Crippen LogP contribution in [0.1, 0.15) is 37.8 Å². The monoisotopic (exact) mass is 241 g/mol. The number of rotatable bonds is 3. The molecule has 1 aromatic heterocycles. The topological polar surface area (TPSA) is 43.8 Å². The third kappa shape index (κ3) is 2.58. The van der Waals surface area contributed by atoms with Crippen LogP contribution in [0.4, 0.5) is 0 Å². The van der Waals surface area contributed by atoms with Gasteiger partial charge >= 0.3 is 0 Å². The molecule has 1 aromatic rings. The molecule has 0 saturated heterocycles. The molecule has 1 fully saturated rings. The van der Waals surface area contributed by atoms with Crippen molar-refractivity contribution in [2.75, 3.05) is 0 Å². The van der Waals surface area contributed by atoms with Crippen LogP contribution in [0.2, 0.25) is 5.02 Å². The Labute approximate surface area is 102 Å². The fourth-order valence-electron chi connectivity index (χ4n) is 2.52. The maximum Gasteiger partial charge on any atom is 0.0814 e. The maximum absolute atomic E-state index is 6.25. The molecule has 1 aliphatic rings. The molecule has 1 atom stereocenters. The molecule has 1 aliphatic carbocycles. The zero-order chi connectivity index (χ0) is 11.5. The van der Waals surface area contributed by atoms with Gasteiger partial charge in [0.05, 0.1) is 23.5 Å². The molecule has 16 heavy (non-hydrogen) atoms. The fourth-order valence-corrected chi connectivity index (χ4v) is 2.66. The second-order valence-corrected chi connectivity index (χ2v) is 5.23. The smallest absolute Gasteiger partial charge is 0.0814 e. The van der Waals surface area contributed by atoms with Gasteiger partial charge in [0.15, 0.2) is 0 Å². The van der Waals surface area contributed by atoms with Crippen LogP contribution in [-0.2, 0) is 6.54 Å². The first-order chi connectivity index (χ1) is 7.68. The Morgan fingerprint density at radius 1 is 1.50 bits per heavy atom. The van der Waals surface area contributed by atoms with E-state index in [1.807, 2.05) is 11.6 Å². The van der Waals surface area contributed by atoms with Crippen LogP contribution in [0.3, 0.4) is 0 Å². The Balaban J connectivity index is 1.95. The number of nitrogens with two attached hydrogens (primary N) is 1. The zero-order valence-corrected chi connectivity index (χ0v) is 10.6. The van der Waals surface area contributed by atoms with Crippen molar-refractivity contribution in [1.82, 2.24) is 9.78 Å². The van der Waals surface area contributed by atoms with Gasteiger partial charge in [0.25, 0.3) is 0 Å². The third-order valence-corrected chi connectivity index (χ3v) is 4.05. The third-order valence-electron chi connectivity index (χ3n) is 3.68. The average Bonchev–Trinajstić information content (AvgIpc) is 2.62. The largest absolute Gasteiger partial charge is 0.326 e. The van der Waals surface area contributed by atoms with Crippen LogP contribution in [0.5, 0.6) is 0 Å². The summed E-state index contributed by atoms with van der Waals surface area (Å²) >= 11 is 5.97. The molecule has 0 aromatic carbocycles. The molecule has 0 aliphatic heterocycles. The molecule has 1 heterocycles. The van der Waals surface area contributed by atoms with Crippen molar-refractivity contribution >= 4 is 11.6 Å². The summed E-state index contributed by atoms with van der Waals surface area (Å²) in [5, 5.41) is 4.99. The first-order valence-corrected chi connectivity index (χ1v) is 6.50. The van der Waals surface area contributed by atoms with E-state index >= 15 is 0 Å². The van der Waals surface area contributed by atoms with Crippen molar-refractivity contribution in [3.8, 4) is 0 Å². The van der Waals surface area contributed by atoms with Gasteiger partial charge in [-0.05, 0) is 25.7 Å². The van der Waals surface area contributed by atoms with Crippen molar-refractivity contribution in [2.24, 2.45) is 11.7 Å². The summed E-state index contributed by atoms with van der Waals surface area (Å²) in [6.07, 6.45) is 8.28. The summed E-state index contributed by atoms with van der Waals surface area (Å²) in [7, 11) is 0. The van der Waals surface area contributed by atoms with Crippen molar-refractivity contribution in [2.45, 2.75) is 51.6 Å². The van der Waals surface area contributed by atoms with Gasteiger partial charge in [-0.2, -0.15) is 5.10 Å². The van der Waals surface area contributed by atoms with Gasteiger partial charge in [0.2, 0.25) is 0 Å². The zero-order valence-electron chi connectivity index (χ0n) is 9.82. The van der Waals surface area contributed by atoms with Gasteiger partial charge in [-0.25, -0.2) is 0 Å². The lowest BCUT2D eigenvalue weighted by atomic mass is 9.84. The number of hydrogen-bond donors (Lipinski definition) is 1. The summed E-state index contributed by atoms with van der Waals surface area (Å²) in [5.41, 5.74) is 7.28. The highest BCUT2D eigenvalue weighted by molar-refractivity contribution is 6.31. The molecule has 4 heteroatoms. The average molecular weight is 242 g/mol. The van der Waals surface area contributed by atoms with E-state index in [0.717, 1.165) is 17.3 Å². The highest BCUT2D eigenvalue weighted by Gasteiger charge is 2.21. The first kappa shape index (κ1) is 11.9. The molecule has 1 saturated carbocycles.